The van der Waals surface area contributed by atoms with Crippen LogP contribution in [0.15, 0.2) is 42.5 Å². The zero-order valence-corrected chi connectivity index (χ0v) is 17.2. The normalized spacial score (nSPS) is 27.0. The Kier molecular flexibility index (Phi) is 3.86. The molecule has 2 aliphatic carbocycles. The average molecular weight is 387 g/mol. The van der Waals surface area contributed by atoms with Gasteiger partial charge in [0.05, 0.1) is 0 Å². The number of fused-ring (bicyclic) bond motifs is 4. The zero-order valence-electron chi connectivity index (χ0n) is 17.2. The predicted octanol–water partition coefficient (Wildman–Crippen LogP) is 4.95. The molecule has 1 unspecified atom stereocenters. The first kappa shape index (κ1) is 17.6. The number of hydrogen-bond acceptors (Lipinski definition) is 2. The highest BCUT2D eigenvalue weighted by Gasteiger charge is 2.48. The van der Waals surface area contributed by atoms with E-state index >= 15 is 0 Å². The van der Waals surface area contributed by atoms with Gasteiger partial charge in [-0.1, -0.05) is 24.3 Å². The molecule has 3 nitrogen and oxygen atoms in total. The number of nitrogens with one attached hydrogen (secondary N) is 1. The van der Waals surface area contributed by atoms with Gasteiger partial charge in [-0.15, -0.1) is 0 Å². The van der Waals surface area contributed by atoms with Crippen molar-refractivity contribution in [1.29, 1.82) is 0 Å². The van der Waals surface area contributed by atoms with Gasteiger partial charge in [-0.3, -0.25) is 0 Å². The van der Waals surface area contributed by atoms with Crippen molar-refractivity contribution in [2.24, 2.45) is 11.8 Å². The Bertz CT molecular complexity index is 1080. The number of aromatic amines is 1. The van der Waals surface area contributed by atoms with Crippen LogP contribution in [0.2, 0.25) is 0 Å². The van der Waals surface area contributed by atoms with Crippen LogP contribution in [0.5, 0.6) is 5.75 Å². The third-order valence-electron chi connectivity index (χ3n) is 7.94. The number of piperidine rings is 1. The van der Waals surface area contributed by atoms with Gasteiger partial charge in [-0.2, -0.15) is 0 Å². The Morgan fingerprint density at radius 1 is 1.17 bits per heavy atom. The molecule has 2 atom stereocenters. The number of phenols is 1. The average Bonchev–Trinajstić information content (AvgIpc) is 3.45. The van der Waals surface area contributed by atoms with Gasteiger partial charge in [-0.25, -0.2) is 0 Å². The summed E-state index contributed by atoms with van der Waals surface area (Å²) in [6.07, 6.45) is 6.22. The van der Waals surface area contributed by atoms with Crippen LogP contribution in [0, 0.1) is 18.8 Å². The first-order valence-electron chi connectivity index (χ1n) is 11.2. The molecule has 1 saturated heterocycles. The van der Waals surface area contributed by atoms with E-state index in [1.165, 1.54) is 66.6 Å². The first-order chi connectivity index (χ1) is 14.1. The number of likely N-dealkylation sites (tertiary alicyclic amines) is 1. The second kappa shape index (κ2) is 6.37. The number of H-pyrrole nitrogens is 1. The summed E-state index contributed by atoms with van der Waals surface area (Å²) in [5.74, 6) is 1.94. The second-order valence-electron chi connectivity index (χ2n) is 9.82. The molecule has 2 aromatic carbocycles. The highest BCUT2D eigenvalue weighted by Crippen LogP contribution is 2.50. The maximum absolute atomic E-state index is 10.2. The minimum absolute atomic E-state index is 0.126. The van der Waals surface area contributed by atoms with E-state index in [4.69, 9.17) is 0 Å². The molecule has 0 amide bonds. The monoisotopic (exact) mass is 386 g/mol. The van der Waals surface area contributed by atoms with Crippen LogP contribution in [0.4, 0.5) is 0 Å². The lowest BCUT2D eigenvalue weighted by atomic mass is 9.58. The number of aromatic nitrogens is 1. The molecule has 0 radical (unpaired) electrons. The van der Waals surface area contributed by atoms with Crippen LogP contribution in [0.3, 0.4) is 0 Å². The first-order valence-corrected chi connectivity index (χ1v) is 11.2. The number of aromatic hydroxyl groups is 1. The van der Waals surface area contributed by atoms with Gasteiger partial charge in [0.25, 0.3) is 0 Å². The van der Waals surface area contributed by atoms with Gasteiger partial charge >= 0.3 is 0 Å². The zero-order chi connectivity index (χ0) is 19.6. The Morgan fingerprint density at radius 3 is 2.86 bits per heavy atom. The van der Waals surface area contributed by atoms with Crippen LogP contribution in [0.25, 0.3) is 10.9 Å². The van der Waals surface area contributed by atoms with Gasteiger partial charge in [0.2, 0.25) is 0 Å². The van der Waals surface area contributed by atoms with Crippen molar-refractivity contribution in [2.45, 2.75) is 44.4 Å². The highest BCUT2D eigenvalue weighted by atomic mass is 16.3. The summed E-state index contributed by atoms with van der Waals surface area (Å²) in [6, 6.07) is 14.7. The van der Waals surface area contributed by atoms with Crippen molar-refractivity contribution >= 4 is 10.9 Å². The van der Waals surface area contributed by atoms with E-state index in [2.05, 4.69) is 41.1 Å². The summed E-state index contributed by atoms with van der Waals surface area (Å²) in [5.41, 5.74) is 7.09. The SMILES string of the molecule is Cc1cccc2[nH]c3c(c12)CC1CN(CC2CC2)CC[C@]1(c1cccc(O)c1)C3. The van der Waals surface area contributed by atoms with Crippen molar-refractivity contribution < 1.29 is 5.11 Å². The van der Waals surface area contributed by atoms with Crippen molar-refractivity contribution in [3.05, 3.63) is 64.8 Å². The third-order valence-corrected chi connectivity index (χ3v) is 7.94. The van der Waals surface area contributed by atoms with E-state index in [1.807, 2.05) is 12.1 Å². The quantitative estimate of drug-likeness (QED) is 0.668. The number of phenolic OH excluding ortho intramolecular Hbond substituents is 1. The van der Waals surface area contributed by atoms with Gasteiger partial charge < -0.3 is 15.0 Å². The Labute approximate surface area is 172 Å². The standard InChI is InChI=1S/C26H30N2O/c1-17-4-2-7-23-25(17)22-13-20-16-28(15-18-8-9-18)11-10-26(20,14-24(22)27-23)19-5-3-6-21(29)12-19/h2-7,12,18,20,27,29H,8-11,13-16H2,1H3/t20?,26-/m1/s1. The summed E-state index contributed by atoms with van der Waals surface area (Å²) in [4.78, 5) is 6.51. The molecule has 1 saturated carbocycles. The molecule has 29 heavy (non-hydrogen) atoms. The minimum Gasteiger partial charge on any atom is -0.508 e. The summed E-state index contributed by atoms with van der Waals surface area (Å²) < 4.78 is 0. The Hall–Kier alpha value is -2.26. The lowest BCUT2D eigenvalue weighted by Gasteiger charge is -2.51. The molecule has 3 aliphatic rings. The topological polar surface area (TPSA) is 39.3 Å². The number of nitrogens with zero attached hydrogens (tertiary/aromatic N) is 1. The van der Waals surface area contributed by atoms with Crippen LogP contribution >= 0.6 is 0 Å². The fourth-order valence-electron chi connectivity index (χ4n) is 6.26. The Morgan fingerprint density at radius 2 is 2.03 bits per heavy atom. The van der Waals surface area contributed by atoms with E-state index in [0.717, 1.165) is 18.8 Å². The third kappa shape index (κ3) is 2.82. The largest absolute Gasteiger partial charge is 0.508 e. The number of aryl methyl sites for hydroxylation is 1. The summed E-state index contributed by atoms with van der Waals surface area (Å²) in [7, 11) is 0. The lowest BCUT2D eigenvalue weighted by molar-refractivity contribution is 0.0783. The van der Waals surface area contributed by atoms with Crippen LogP contribution in [-0.2, 0) is 18.3 Å². The summed E-state index contributed by atoms with van der Waals surface area (Å²) in [6.45, 7) is 5.89. The molecule has 2 fully saturated rings. The number of benzene rings is 2. The van der Waals surface area contributed by atoms with E-state index in [-0.39, 0.29) is 5.41 Å². The van der Waals surface area contributed by atoms with Gasteiger partial charge in [-0.05, 0) is 92.3 Å². The molecule has 1 aliphatic heterocycles. The van der Waals surface area contributed by atoms with Gasteiger partial charge in [0.15, 0.2) is 0 Å². The Balaban J connectivity index is 1.46. The van der Waals surface area contributed by atoms with Crippen molar-refractivity contribution in [2.75, 3.05) is 19.6 Å². The molecular formula is C26H30N2O. The maximum atomic E-state index is 10.2. The van der Waals surface area contributed by atoms with E-state index in [9.17, 15) is 5.11 Å². The van der Waals surface area contributed by atoms with Gasteiger partial charge in [0, 0.05) is 35.1 Å². The maximum Gasteiger partial charge on any atom is 0.115 e. The number of rotatable bonds is 3. The smallest absolute Gasteiger partial charge is 0.115 e. The van der Waals surface area contributed by atoms with Crippen molar-refractivity contribution in [1.82, 2.24) is 9.88 Å². The molecule has 6 rings (SSSR count). The number of hydrogen-bond donors (Lipinski definition) is 2. The van der Waals surface area contributed by atoms with Crippen LogP contribution in [-0.4, -0.2) is 34.6 Å². The predicted molar refractivity (Wildman–Crippen MR) is 117 cm³/mol. The van der Waals surface area contributed by atoms with E-state index < -0.39 is 0 Å². The molecule has 2 N–H and O–H groups in total. The van der Waals surface area contributed by atoms with Crippen molar-refractivity contribution in [3.8, 4) is 5.75 Å². The van der Waals surface area contributed by atoms with Crippen molar-refractivity contribution in [3.63, 3.8) is 0 Å². The van der Waals surface area contributed by atoms with Crippen LogP contribution < -0.4 is 0 Å². The lowest BCUT2D eigenvalue weighted by Crippen LogP contribution is -2.54. The summed E-state index contributed by atoms with van der Waals surface area (Å²) >= 11 is 0. The molecular weight excluding hydrogens is 356 g/mol. The fraction of sp³-hybridized carbons (Fsp3) is 0.462. The summed E-state index contributed by atoms with van der Waals surface area (Å²) in [5, 5.41) is 11.7. The fourth-order valence-corrected chi connectivity index (χ4v) is 6.26. The molecule has 0 bridgehead atoms. The van der Waals surface area contributed by atoms with E-state index in [1.54, 1.807) is 11.6 Å². The highest BCUT2D eigenvalue weighted by molar-refractivity contribution is 5.88. The van der Waals surface area contributed by atoms with E-state index in [0.29, 0.717) is 11.7 Å². The molecule has 0 spiro atoms. The second-order valence-corrected chi connectivity index (χ2v) is 9.82. The molecule has 150 valence electrons. The minimum atomic E-state index is 0.126. The molecule has 2 heterocycles. The van der Waals surface area contributed by atoms with Crippen LogP contribution in [0.1, 0.15) is 41.6 Å². The van der Waals surface area contributed by atoms with Gasteiger partial charge in [0.1, 0.15) is 5.75 Å². The molecule has 3 aromatic rings. The molecule has 1 aromatic heterocycles. The molecule has 3 heteroatoms.